The van der Waals surface area contributed by atoms with E-state index in [9.17, 15) is 4.39 Å². The zero-order valence-corrected chi connectivity index (χ0v) is 11.0. The van der Waals surface area contributed by atoms with E-state index < -0.39 is 0 Å². The molecule has 0 bridgehead atoms. The maximum absolute atomic E-state index is 13.0. The highest BCUT2D eigenvalue weighted by molar-refractivity contribution is 5.16. The normalized spacial score (nSPS) is 12.6. The summed E-state index contributed by atoms with van der Waals surface area (Å²) in [6.45, 7) is 2.21. The molecule has 1 atom stereocenters. The summed E-state index contributed by atoms with van der Waals surface area (Å²) in [5.74, 6) is -0.177. The first-order valence-electron chi connectivity index (χ1n) is 6.43. The van der Waals surface area contributed by atoms with Crippen molar-refractivity contribution in [2.45, 2.75) is 25.3 Å². The summed E-state index contributed by atoms with van der Waals surface area (Å²) in [5, 5.41) is 3.42. The number of methoxy groups -OCH3 is 1. The number of ether oxygens (including phenoxy) is 1. The van der Waals surface area contributed by atoms with Crippen LogP contribution in [0, 0.1) is 5.82 Å². The molecule has 18 heavy (non-hydrogen) atoms. The van der Waals surface area contributed by atoms with Crippen molar-refractivity contribution in [1.82, 2.24) is 5.32 Å². The van der Waals surface area contributed by atoms with E-state index in [1.165, 1.54) is 6.07 Å². The lowest BCUT2D eigenvalue weighted by Crippen LogP contribution is -2.35. The Hall–Kier alpha value is -0.970. The molecule has 1 aromatic rings. The van der Waals surface area contributed by atoms with Gasteiger partial charge in [-0.3, -0.25) is 0 Å². The highest BCUT2D eigenvalue weighted by Gasteiger charge is 2.06. The zero-order valence-electron chi connectivity index (χ0n) is 11.0. The predicted octanol–water partition coefficient (Wildman–Crippen LogP) is 1.71. The maximum atomic E-state index is 13.0. The molecule has 1 unspecified atom stereocenters. The summed E-state index contributed by atoms with van der Waals surface area (Å²) < 4.78 is 18.1. The second kappa shape index (κ2) is 9.03. The minimum atomic E-state index is -0.177. The molecule has 0 amide bonds. The fourth-order valence-electron chi connectivity index (χ4n) is 1.92. The Morgan fingerprint density at radius 2 is 2.28 bits per heavy atom. The van der Waals surface area contributed by atoms with Crippen LogP contribution < -0.4 is 11.1 Å². The quantitative estimate of drug-likeness (QED) is 0.705. The third-order valence-electron chi connectivity index (χ3n) is 2.86. The molecule has 0 aliphatic rings. The van der Waals surface area contributed by atoms with Gasteiger partial charge in [0.25, 0.3) is 0 Å². The van der Waals surface area contributed by atoms with Gasteiger partial charge in [0.1, 0.15) is 5.82 Å². The molecular formula is C14H23FN2O. The van der Waals surface area contributed by atoms with E-state index in [1.54, 1.807) is 19.2 Å². The number of nitrogens with two attached hydrogens (primary N) is 1. The minimum Gasteiger partial charge on any atom is -0.383 e. The average molecular weight is 254 g/mol. The summed E-state index contributed by atoms with van der Waals surface area (Å²) in [6.07, 6.45) is 2.81. The summed E-state index contributed by atoms with van der Waals surface area (Å²) >= 11 is 0. The lowest BCUT2D eigenvalue weighted by atomic mass is 10.1. The zero-order chi connectivity index (χ0) is 13.2. The van der Waals surface area contributed by atoms with Gasteiger partial charge >= 0.3 is 0 Å². The lowest BCUT2D eigenvalue weighted by Gasteiger charge is -2.17. The monoisotopic (exact) mass is 254 g/mol. The van der Waals surface area contributed by atoms with Crippen LogP contribution in [-0.4, -0.2) is 32.8 Å². The first-order chi connectivity index (χ1) is 8.76. The highest BCUT2D eigenvalue weighted by atomic mass is 19.1. The molecular weight excluding hydrogens is 231 g/mol. The van der Waals surface area contributed by atoms with Crippen LogP contribution in [0.2, 0.25) is 0 Å². The molecule has 0 heterocycles. The third-order valence-corrected chi connectivity index (χ3v) is 2.86. The van der Waals surface area contributed by atoms with E-state index in [2.05, 4.69) is 5.32 Å². The van der Waals surface area contributed by atoms with Crippen molar-refractivity contribution in [3.63, 3.8) is 0 Å². The van der Waals surface area contributed by atoms with Crippen LogP contribution in [0.3, 0.4) is 0 Å². The Balaban J connectivity index is 2.29. The van der Waals surface area contributed by atoms with Gasteiger partial charge in [-0.25, -0.2) is 4.39 Å². The van der Waals surface area contributed by atoms with Crippen LogP contribution in [-0.2, 0) is 11.2 Å². The van der Waals surface area contributed by atoms with Gasteiger partial charge in [0.2, 0.25) is 0 Å². The SMILES string of the molecule is COCC(CCCN)NCCc1cccc(F)c1. The van der Waals surface area contributed by atoms with Crippen LogP contribution in [0.1, 0.15) is 18.4 Å². The van der Waals surface area contributed by atoms with Crippen molar-refractivity contribution >= 4 is 0 Å². The van der Waals surface area contributed by atoms with Crippen LogP contribution in [0.4, 0.5) is 4.39 Å². The van der Waals surface area contributed by atoms with Gasteiger partial charge in [0.15, 0.2) is 0 Å². The average Bonchev–Trinajstić information content (AvgIpc) is 2.36. The second-order valence-electron chi connectivity index (χ2n) is 4.42. The Kier molecular flexibility index (Phi) is 7.57. The summed E-state index contributed by atoms with van der Waals surface area (Å²) in [6, 6.07) is 7.05. The largest absolute Gasteiger partial charge is 0.383 e. The van der Waals surface area contributed by atoms with Crippen molar-refractivity contribution in [3.8, 4) is 0 Å². The molecule has 0 radical (unpaired) electrons. The molecule has 0 aromatic heterocycles. The fourth-order valence-corrected chi connectivity index (χ4v) is 1.92. The van der Waals surface area contributed by atoms with Crippen LogP contribution in [0.15, 0.2) is 24.3 Å². The molecule has 1 rings (SSSR count). The van der Waals surface area contributed by atoms with E-state index in [0.29, 0.717) is 19.2 Å². The Labute approximate surface area is 109 Å². The molecule has 0 fully saturated rings. The van der Waals surface area contributed by atoms with Crippen molar-refractivity contribution < 1.29 is 9.13 Å². The van der Waals surface area contributed by atoms with Gasteiger partial charge in [-0.15, -0.1) is 0 Å². The lowest BCUT2D eigenvalue weighted by molar-refractivity contribution is 0.162. The number of rotatable bonds is 9. The summed E-state index contributed by atoms with van der Waals surface area (Å²) in [4.78, 5) is 0. The minimum absolute atomic E-state index is 0.177. The van der Waals surface area contributed by atoms with Gasteiger partial charge < -0.3 is 15.8 Å². The molecule has 102 valence electrons. The number of benzene rings is 1. The second-order valence-corrected chi connectivity index (χ2v) is 4.42. The molecule has 3 nitrogen and oxygen atoms in total. The molecule has 3 N–H and O–H groups in total. The van der Waals surface area contributed by atoms with E-state index >= 15 is 0 Å². The Morgan fingerprint density at radius 1 is 1.44 bits per heavy atom. The number of halogens is 1. The predicted molar refractivity (Wildman–Crippen MR) is 72.1 cm³/mol. The number of nitrogens with one attached hydrogen (secondary N) is 1. The molecule has 0 aliphatic carbocycles. The Bertz CT molecular complexity index is 333. The molecule has 0 spiro atoms. The van der Waals surface area contributed by atoms with Gasteiger partial charge in [0.05, 0.1) is 6.61 Å². The fraction of sp³-hybridized carbons (Fsp3) is 0.571. The number of hydrogen-bond acceptors (Lipinski definition) is 3. The molecule has 4 heteroatoms. The van der Waals surface area contributed by atoms with Crippen molar-refractivity contribution in [1.29, 1.82) is 0 Å². The van der Waals surface area contributed by atoms with Crippen molar-refractivity contribution in [2.75, 3.05) is 26.8 Å². The van der Waals surface area contributed by atoms with Crippen LogP contribution in [0.25, 0.3) is 0 Å². The summed E-state index contributed by atoms with van der Waals surface area (Å²) in [7, 11) is 1.70. The van der Waals surface area contributed by atoms with Crippen molar-refractivity contribution in [2.24, 2.45) is 5.73 Å². The first kappa shape index (κ1) is 15.1. The third kappa shape index (κ3) is 6.10. The van der Waals surface area contributed by atoms with E-state index in [1.807, 2.05) is 6.07 Å². The van der Waals surface area contributed by atoms with Crippen molar-refractivity contribution in [3.05, 3.63) is 35.6 Å². The van der Waals surface area contributed by atoms with E-state index in [4.69, 9.17) is 10.5 Å². The van der Waals surface area contributed by atoms with Gasteiger partial charge in [-0.1, -0.05) is 12.1 Å². The molecule has 0 aliphatic heterocycles. The molecule has 1 aromatic carbocycles. The van der Waals surface area contributed by atoms with E-state index in [-0.39, 0.29) is 5.82 Å². The maximum Gasteiger partial charge on any atom is 0.123 e. The molecule has 0 saturated heterocycles. The van der Waals surface area contributed by atoms with E-state index in [0.717, 1.165) is 31.4 Å². The standard InChI is InChI=1S/C14H23FN2O/c1-18-11-14(6-3-8-16)17-9-7-12-4-2-5-13(15)10-12/h2,4-5,10,14,17H,3,6-9,11,16H2,1H3. The summed E-state index contributed by atoms with van der Waals surface area (Å²) in [5.41, 5.74) is 6.51. The topological polar surface area (TPSA) is 47.3 Å². The smallest absolute Gasteiger partial charge is 0.123 e. The van der Waals surface area contributed by atoms with Crippen LogP contribution >= 0.6 is 0 Å². The highest BCUT2D eigenvalue weighted by Crippen LogP contribution is 2.04. The van der Waals surface area contributed by atoms with Gasteiger partial charge in [-0.2, -0.15) is 0 Å². The number of hydrogen-bond donors (Lipinski definition) is 2. The molecule has 0 saturated carbocycles. The van der Waals surface area contributed by atoms with Gasteiger partial charge in [-0.05, 0) is 50.0 Å². The van der Waals surface area contributed by atoms with Gasteiger partial charge in [0, 0.05) is 13.2 Å². The van der Waals surface area contributed by atoms with Crippen LogP contribution in [0.5, 0.6) is 0 Å². The first-order valence-corrected chi connectivity index (χ1v) is 6.43. The Morgan fingerprint density at radius 3 is 2.94 bits per heavy atom.